The Morgan fingerprint density at radius 3 is 2.53 bits per heavy atom. The molecular formula is C24H26F3N3O3S. The third-order valence-electron chi connectivity index (χ3n) is 5.86. The molecule has 0 aromatic heterocycles. The van der Waals surface area contributed by atoms with Crippen LogP contribution >= 0.6 is 11.8 Å². The molecule has 2 aliphatic rings. The van der Waals surface area contributed by atoms with Gasteiger partial charge in [0.1, 0.15) is 6.61 Å². The van der Waals surface area contributed by atoms with E-state index in [1.54, 1.807) is 24.3 Å². The third-order valence-corrected chi connectivity index (χ3v) is 7.07. The number of benzene rings is 2. The zero-order valence-corrected chi connectivity index (χ0v) is 19.8. The predicted molar refractivity (Wildman–Crippen MR) is 125 cm³/mol. The van der Waals surface area contributed by atoms with E-state index in [0.29, 0.717) is 17.9 Å². The fraction of sp³-hybridized carbons (Fsp3) is 0.417. The molecule has 34 heavy (non-hydrogen) atoms. The molecule has 2 aliphatic heterocycles. The number of amidine groups is 1. The van der Waals surface area contributed by atoms with Gasteiger partial charge in [-0.2, -0.15) is 18.2 Å². The summed E-state index contributed by atoms with van der Waals surface area (Å²) in [6, 6.07) is 10.5. The highest BCUT2D eigenvalue weighted by atomic mass is 32.2. The van der Waals surface area contributed by atoms with E-state index in [1.807, 2.05) is 0 Å². The molecule has 2 aromatic carbocycles. The summed E-state index contributed by atoms with van der Waals surface area (Å²) >= 11 is 1.48. The lowest BCUT2D eigenvalue weighted by Gasteiger charge is -2.33. The topological polar surface area (TPSA) is 54.4 Å². The summed E-state index contributed by atoms with van der Waals surface area (Å²) in [6.07, 6.45) is -3.98. The van der Waals surface area contributed by atoms with Crippen LogP contribution in [0.4, 0.5) is 13.2 Å². The molecule has 1 unspecified atom stereocenters. The van der Waals surface area contributed by atoms with Gasteiger partial charge < -0.3 is 19.3 Å². The summed E-state index contributed by atoms with van der Waals surface area (Å²) in [4.78, 5) is 21.2. The minimum absolute atomic E-state index is 0.0441. The van der Waals surface area contributed by atoms with Crippen LogP contribution in [-0.2, 0) is 24.0 Å². The highest BCUT2D eigenvalue weighted by molar-refractivity contribution is 8.15. The molecule has 6 nitrogen and oxygen atoms in total. The van der Waals surface area contributed by atoms with Crippen molar-refractivity contribution < 1.29 is 27.4 Å². The molecule has 0 spiro atoms. The average molecular weight is 494 g/mol. The van der Waals surface area contributed by atoms with Crippen molar-refractivity contribution in [2.24, 2.45) is 4.99 Å². The number of methoxy groups -OCH3 is 1. The molecule has 2 aromatic rings. The molecule has 182 valence electrons. The summed E-state index contributed by atoms with van der Waals surface area (Å²) in [6.45, 7) is 3.32. The number of hydrogen-bond donors (Lipinski definition) is 0. The van der Waals surface area contributed by atoms with E-state index in [-0.39, 0.29) is 23.3 Å². The van der Waals surface area contributed by atoms with Gasteiger partial charge in [0.2, 0.25) is 0 Å². The zero-order valence-electron chi connectivity index (χ0n) is 19.0. The zero-order chi connectivity index (χ0) is 24.3. The first-order valence-electron chi connectivity index (χ1n) is 10.9. The van der Waals surface area contributed by atoms with E-state index in [0.717, 1.165) is 43.0 Å². The molecule has 1 amide bonds. The highest BCUT2D eigenvalue weighted by Gasteiger charge is 2.34. The second-order valence-corrected chi connectivity index (χ2v) is 9.43. The molecule has 10 heteroatoms. The second kappa shape index (κ2) is 10.3. The van der Waals surface area contributed by atoms with Crippen LogP contribution in [0.2, 0.25) is 0 Å². The second-order valence-electron chi connectivity index (χ2n) is 8.26. The molecule has 0 bridgehead atoms. The maximum atomic E-state index is 13.2. The number of hydrogen-bond acceptors (Lipinski definition) is 6. The van der Waals surface area contributed by atoms with Gasteiger partial charge in [0.25, 0.3) is 5.91 Å². The van der Waals surface area contributed by atoms with Crippen LogP contribution in [0.25, 0.3) is 0 Å². The fourth-order valence-electron chi connectivity index (χ4n) is 3.89. The van der Waals surface area contributed by atoms with Crippen molar-refractivity contribution in [2.75, 3.05) is 40.3 Å². The number of halogens is 3. The van der Waals surface area contributed by atoms with Crippen molar-refractivity contribution >= 4 is 22.8 Å². The SMILES string of the molecule is COc1cc(CC2SC(N3CCN(C)CC3)=NC2=O)ccc1OCc1ccccc1C(F)(F)F. The Hall–Kier alpha value is -2.72. The molecule has 1 fully saturated rings. The van der Waals surface area contributed by atoms with E-state index >= 15 is 0 Å². The molecule has 4 rings (SSSR count). The molecule has 0 radical (unpaired) electrons. The van der Waals surface area contributed by atoms with E-state index in [4.69, 9.17) is 9.47 Å². The number of amides is 1. The Balaban J connectivity index is 1.40. The van der Waals surface area contributed by atoms with Crippen LogP contribution in [0.1, 0.15) is 16.7 Å². The Kier molecular flexibility index (Phi) is 7.37. The lowest BCUT2D eigenvalue weighted by Crippen LogP contribution is -2.46. The maximum Gasteiger partial charge on any atom is 0.416 e. The minimum Gasteiger partial charge on any atom is -0.493 e. The van der Waals surface area contributed by atoms with Gasteiger partial charge in [-0.1, -0.05) is 36.0 Å². The minimum atomic E-state index is -4.45. The van der Waals surface area contributed by atoms with Crippen LogP contribution in [0.3, 0.4) is 0 Å². The standard InChI is InChI=1S/C24H26F3N3O3S/c1-29-9-11-30(12-10-29)23-28-22(31)21(34-23)14-16-7-8-19(20(13-16)32-2)33-15-17-5-3-4-6-18(17)24(25,26)27/h3-8,13,21H,9-12,14-15H2,1-2H3. The van der Waals surface area contributed by atoms with Crippen molar-refractivity contribution in [2.45, 2.75) is 24.5 Å². The normalized spacial score (nSPS) is 19.3. The van der Waals surface area contributed by atoms with Crippen LogP contribution in [0, 0.1) is 0 Å². The van der Waals surface area contributed by atoms with Gasteiger partial charge in [-0.15, -0.1) is 0 Å². The van der Waals surface area contributed by atoms with E-state index < -0.39 is 11.7 Å². The molecule has 0 N–H and O–H groups in total. The van der Waals surface area contributed by atoms with E-state index in [1.165, 1.54) is 31.0 Å². The third kappa shape index (κ3) is 5.67. The number of likely N-dealkylation sites (N-methyl/N-ethyl adjacent to an activating group) is 1. The van der Waals surface area contributed by atoms with Gasteiger partial charge in [0, 0.05) is 31.7 Å². The van der Waals surface area contributed by atoms with Crippen LogP contribution in [0.15, 0.2) is 47.5 Å². The van der Waals surface area contributed by atoms with Gasteiger partial charge in [-0.3, -0.25) is 4.79 Å². The number of aliphatic imine (C=N–C) groups is 1. The largest absolute Gasteiger partial charge is 0.493 e. The van der Waals surface area contributed by atoms with Crippen molar-refractivity contribution in [1.82, 2.24) is 9.80 Å². The number of ether oxygens (including phenoxy) is 2. The average Bonchev–Trinajstić information content (AvgIpc) is 3.18. The number of thioether (sulfide) groups is 1. The Labute approximate surface area is 200 Å². The number of rotatable bonds is 6. The summed E-state index contributed by atoms with van der Waals surface area (Å²) in [5.74, 6) is 0.586. The molecule has 2 heterocycles. The van der Waals surface area contributed by atoms with Gasteiger partial charge in [-0.05, 0) is 37.2 Å². The Bertz CT molecular complexity index is 1070. The van der Waals surface area contributed by atoms with Gasteiger partial charge >= 0.3 is 6.18 Å². The number of carbonyl (C=O) groups is 1. The Morgan fingerprint density at radius 1 is 1.09 bits per heavy atom. The van der Waals surface area contributed by atoms with Gasteiger partial charge in [0.05, 0.1) is 17.9 Å². The lowest BCUT2D eigenvalue weighted by atomic mass is 10.1. The van der Waals surface area contributed by atoms with Crippen molar-refractivity contribution in [3.63, 3.8) is 0 Å². The first kappa shape index (κ1) is 24.4. The van der Waals surface area contributed by atoms with Crippen LogP contribution in [0.5, 0.6) is 11.5 Å². The summed E-state index contributed by atoms with van der Waals surface area (Å²) in [5.41, 5.74) is 0.182. The van der Waals surface area contributed by atoms with Gasteiger partial charge in [-0.25, -0.2) is 0 Å². The van der Waals surface area contributed by atoms with Crippen molar-refractivity contribution in [3.05, 3.63) is 59.2 Å². The number of nitrogens with zero attached hydrogens (tertiary/aromatic N) is 3. The molecule has 1 saturated heterocycles. The van der Waals surface area contributed by atoms with Crippen LogP contribution in [-0.4, -0.2) is 66.5 Å². The Morgan fingerprint density at radius 2 is 1.82 bits per heavy atom. The predicted octanol–water partition coefficient (Wildman–Crippen LogP) is 4.08. The molecule has 1 atom stereocenters. The quantitative estimate of drug-likeness (QED) is 0.605. The summed E-state index contributed by atoms with van der Waals surface area (Å²) < 4.78 is 50.8. The molecule has 0 aliphatic carbocycles. The van der Waals surface area contributed by atoms with Crippen molar-refractivity contribution in [3.8, 4) is 11.5 Å². The highest BCUT2D eigenvalue weighted by Crippen LogP contribution is 2.35. The maximum absolute atomic E-state index is 13.2. The summed E-state index contributed by atoms with van der Waals surface area (Å²) in [5, 5.41) is 0.461. The molecular weight excluding hydrogens is 467 g/mol. The first-order valence-corrected chi connectivity index (χ1v) is 11.8. The monoisotopic (exact) mass is 493 g/mol. The van der Waals surface area contributed by atoms with Crippen LogP contribution < -0.4 is 9.47 Å². The number of alkyl halides is 3. The lowest BCUT2D eigenvalue weighted by molar-refractivity contribution is -0.138. The number of piperazine rings is 1. The first-order chi connectivity index (χ1) is 16.2. The van der Waals surface area contributed by atoms with E-state index in [2.05, 4.69) is 21.8 Å². The smallest absolute Gasteiger partial charge is 0.416 e. The molecule has 0 saturated carbocycles. The fourth-order valence-corrected chi connectivity index (χ4v) is 5.05. The summed E-state index contributed by atoms with van der Waals surface area (Å²) in [7, 11) is 3.55. The van der Waals surface area contributed by atoms with Crippen molar-refractivity contribution in [1.29, 1.82) is 0 Å². The van der Waals surface area contributed by atoms with E-state index in [9.17, 15) is 18.0 Å². The van der Waals surface area contributed by atoms with Gasteiger partial charge in [0.15, 0.2) is 16.7 Å². The number of carbonyl (C=O) groups excluding carboxylic acids is 1.